The van der Waals surface area contributed by atoms with E-state index >= 15 is 0 Å². The first-order valence-corrected chi connectivity index (χ1v) is 7.13. The van der Waals surface area contributed by atoms with Crippen molar-refractivity contribution in [2.45, 2.75) is 12.4 Å². The lowest BCUT2D eigenvalue weighted by Gasteiger charge is -2.17. The summed E-state index contributed by atoms with van der Waals surface area (Å²) >= 11 is 0. The summed E-state index contributed by atoms with van der Waals surface area (Å²) in [6.07, 6.45) is -0.133. The van der Waals surface area contributed by atoms with Crippen LogP contribution >= 0.6 is 0 Å². The van der Waals surface area contributed by atoms with Crippen molar-refractivity contribution in [2.24, 2.45) is 5.73 Å². The van der Waals surface area contributed by atoms with E-state index in [1.165, 1.54) is 0 Å². The van der Waals surface area contributed by atoms with Gasteiger partial charge in [0.2, 0.25) is 0 Å². The minimum Gasteiger partial charge on any atom is -0.426 e. The quantitative estimate of drug-likeness (QED) is 0.308. The third kappa shape index (κ3) is 4.67. The van der Waals surface area contributed by atoms with Crippen LogP contribution in [0.2, 0.25) is 0 Å². The number of rotatable bonds is 6. The number of carbonyl (C=O) groups is 1. The van der Waals surface area contributed by atoms with Gasteiger partial charge in [-0.2, -0.15) is 0 Å². The number of amides is 1. The highest BCUT2D eigenvalue weighted by atomic mass is 16.4. The van der Waals surface area contributed by atoms with Gasteiger partial charge in [0.25, 0.3) is 5.91 Å². The maximum Gasteiger partial charge on any atom is 0.475 e. The van der Waals surface area contributed by atoms with Gasteiger partial charge >= 0.3 is 7.12 Å². The highest BCUT2D eigenvalue weighted by Gasteiger charge is 2.26. The highest BCUT2D eigenvalue weighted by molar-refractivity contribution is 6.44. The van der Waals surface area contributed by atoms with E-state index in [0.29, 0.717) is 5.56 Å². The zero-order chi connectivity index (χ0) is 16.8. The SMILES string of the molecule is N=C(N)C[C@H](NC(=O)c1ccc(-c2ccccc2)cc1)B(O)O. The Labute approximate surface area is 134 Å². The molecule has 0 bridgehead atoms. The van der Waals surface area contributed by atoms with E-state index in [2.05, 4.69) is 5.32 Å². The van der Waals surface area contributed by atoms with Crippen molar-refractivity contribution < 1.29 is 14.8 Å². The molecule has 0 aliphatic carbocycles. The normalized spacial score (nSPS) is 11.6. The number of nitrogens with one attached hydrogen (secondary N) is 2. The minimum absolute atomic E-state index is 0.133. The second-order valence-corrected chi connectivity index (χ2v) is 5.17. The summed E-state index contributed by atoms with van der Waals surface area (Å²) in [5, 5.41) is 28.1. The van der Waals surface area contributed by atoms with Crippen molar-refractivity contribution in [3.05, 3.63) is 60.2 Å². The van der Waals surface area contributed by atoms with E-state index in [1.54, 1.807) is 12.1 Å². The van der Waals surface area contributed by atoms with Gasteiger partial charge in [-0.3, -0.25) is 10.2 Å². The Morgan fingerprint density at radius 3 is 2.17 bits per heavy atom. The van der Waals surface area contributed by atoms with Crippen LogP contribution in [0.4, 0.5) is 0 Å². The average molecular weight is 311 g/mol. The lowest BCUT2D eigenvalue weighted by Crippen LogP contribution is -2.48. The van der Waals surface area contributed by atoms with E-state index in [1.807, 2.05) is 42.5 Å². The van der Waals surface area contributed by atoms with Crippen LogP contribution < -0.4 is 11.1 Å². The first-order valence-electron chi connectivity index (χ1n) is 7.13. The smallest absolute Gasteiger partial charge is 0.426 e. The predicted molar refractivity (Wildman–Crippen MR) is 89.9 cm³/mol. The first-order chi connectivity index (χ1) is 11.0. The fourth-order valence-electron chi connectivity index (χ4n) is 2.16. The molecule has 23 heavy (non-hydrogen) atoms. The molecule has 0 aromatic heterocycles. The number of benzene rings is 2. The molecule has 6 nitrogen and oxygen atoms in total. The van der Waals surface area contributed by atoms with Crippen molar-refractivity contribution in [3.63, 3.8) is 0 Å². The average Bonchev–Trinajstić information content (AvgIpc) is 2.54. The summed E-state index contributed by atoms with van der Waals surface area (Å²) < 4.78 is 0. The van der Waals surface area contributed by atoms with E-state index in [-0.39, 0.29) is 12.3 Å². The predicted octanol–water partition coefficient (Wildman–Crippen LogP) is 0.790. The monoisotopic (exact) mass is 311 g/mol. The molecule has 6 N–H and O–H groups in total. The highest BCUT2D eigenvalue weighted by Crippen LogP contribution is 2.19. The standard InChI is InChI=1S/C16H18BN3O3/c18-15(19)10-14(17(22)23)20-16(21)13-8-6-12(7-9-13)11-4-2-1-3-5-11/h1-9,14,22-23H,10H2,(H3,18,19)(H,20,21)/t14-/m0/s1. The first kappa shape index (κ1) is 16.7. The van der Waals surface area contributed by atoms with Crippen LogP contribution in [-0.2, 0) is 0 Å². The summed E-state index contributed by atoms with van der Waals surface area (Å²) in [5.74, 6) is -1.71. The third-order valence-corrected chi connectivity index (χ3v) is 3.37. The van der Waals surface area contributed by atoms with Gasteiger partial charge < -0.3 is 21.1 Å². The van der Waals surface area contributed by atoms with Gasteiger partial charge in [-0.25, -0.2) is 0 Å². The number of nitrogens with two attached hydrogens (primary N) is 1. The van der Waals surface area contributed by atoms with Crippen LogP contribution in [0, 0.1) is 5.41 Å². The van der Waals surface area contributed by atoms with Gasteiger partial charge in [0.1, 0.15) is 0 Å². The summed E-state index contributed by atoms with van der Waals surface area (Å²) in [6, 6.07) is 16.7. The maximum atomic E-state index is 12.1. The molecule has 2 aromatic carbocycles. The second-order valence-electron chi connectivity index (χ2n) is 5.17. The largest absolute Gasteiger partial charge is 0.475 e. The van der Waals surface area contributed by atoms with Crippen LogP contribution in [-0.4, -0.2) is 34.9 Å². The lowest BCUT2D eigenvalue weighted by molar-refractivity contribution is 0.0943. The fourth-order valence-corrected chi connectivity index (χ4v) is 2.16. The molecule has 2 rings (SSSR count). The molecule has 1 amide bonds. The second kappa shape index (κ2) is 7.57. The van der Waals surface area contributed by atoms with Gasteiger partial charge in [0, 0.05) is 12.0 Å². The molecule has 0 aliphatic rings. The summed E-state index contributed by atoms with van der Waals surface area (Å²) in [4.78, 5) is 12.1. The molecule has 0 fully saturated rings. The number of hydrogen-bond acceptors (Lipinski definition) is 4. The Morgan fingerprint density at radius 1 is 1.09 bits per heavy atom. The molecule has 0 spiro atoms. The van der Waals surface area contributed by atoms with Crippen molar-refractivity contribution >= 4 is 18.9 Å². The molecule has 0 saturated heterocycles. The molecule has 0 aliphatic heterocycles. The lowest BCUT2D eigenvalue weighted by atomic mass is 9.77. The molecule has 0 unspecified atom stereocenters. The number of carbonyl (C=O) groups excluding carboxylic acids is 1. The molecular weight excluding hydrogens is 293 g/mol. The number of amidine groups is 1. The van der Waals surface area contributed by atoms with Crippen LogP contribution in [0.25, 0.3) is 11.1 Å². The van der Waals surface area contributed by atoms with E-state index in [0.717, 1.165) is 11.1 Å². The van der Waals surface area contributed by atoms with E-state index in [9.17, 15) is 14.8 Å². The summed E-state index contributed by atoms with van der Waals surface area (Å²) in [6.45, 7) is 0. The molecule has 0 radical (unpaired) electrons. The van der Waals surface area contributed by atoms with Crippen LogP contribution in [0.1, 0.15) is 16.8 Å². The van der Waals surface area contributed by atoms with Gasteiger partial charge in [0.05, 0.1) is 11.8 Å². The van der Waals surface area contributed by atoms with Gasteiger partial charge in [0.15, 0.2) is 0 Å². The molecular formula is C16H18BN3O3. The zero-order valence-corrected chi connectivity index (χ0v) is 12.4. The van der Waals surface area contributed by atoms with Crippen LogP contribution in [0.3, 0.4) is 0 Å². The van der Waals surface area contributed by atoms with Gasteiger partial charge in [-0.15, -0.1) is 0 Å². The van der Waals surface area contributed by atoms with E-state index in [4.69, 9.17) is 11.1 Å². The Morgan fingerprint density at radius 2 is 1.65 bits per heavy atom. The minimum atomic E-state index is -1.79. The Hall–Kier alpha value is -2.64. The topological polar surface area (TPSA) is 119 Å². The van der Waals surface area contributed by atoms with E-state index < -0.39 is 19.0 Å². The van der Waals surface area contributed by atoms with Gasteiger partial charge in [-0.1, -0.05) is 42.5 Å². The summed E-state index contributed by atoms with van der Waals surface area (Å²) in [7, 11) is -1.79. The van der Waals surface area contributed by atoms with Crippen LogP contribution in [0.15, 0.2) is 54.6 Å². The number of hydrogen-bond donors (Lipinski definition) is 5. The summed E-state index contributed by atoms with van der Waals surface area (Å²) in [5.41, 5.74) is 7.65. The Balaban J connectivity index is 2.09. The van der Waals surface area contributed by atoms with Crippen molar-refractivity contribution in [1.29, 1.82) is 5.41 Å². The van der Waals surface area contributed by atoms with Crippen molar-refractivity contribution in [3.8, 4) is 11.1 Å². The molecule has 0 saturated carbocycles. The Kier molecular flexibility index (Phi) is 5.51. The maximum absolute atomic E-state index is 12.1. The zero-order valence-electron chi connectivity index (χ0n) is 12.4. The van der Waals surface area contributed by atoms with Crippen molar-refractivity contribution in [2.75, 3.05) is 0 Å². The molecule has 7 heteroatoms. The van der Waals surface area contributed by atoms with Crippen molar-refractivity contribution in [1.82, 2.24) is 5.32 Å². The molecule has 0 heterocycles. The van der Waals surface area contributed by atoms with Crippen LogP contribution in [0.5, 0.6) is 0 Å². The van der Waals surface area contributed by atoms with Gasteiger partial charge in [-0.05, 0) is 23.3 Å². The molecule has 2 aromatic rings. The Bertz CT molecular complexity index is 675. The fraction of sp³-hybridized carbons (Fsp3) is 0.125. The third-order valence-electron chi connectivity index (χ3n) is 3.37. The molecule has 1 atom stereocenters. The molecule has 118 valence electrons.